The van der Waals surface area contributed by atoms with Crippen LogP contribution in [0, 0.1) is 0 Å². The third-order valence-corrected chi connectivity index (χ3v) is 2.59. The lowest BCUT2D eigenvalue weighted by molar-refractivity contribution is -0.146. The van der Waals surface area contributed by atoms with Gasteiger partial charge in [-0.3, -0.25) is 4.79 Å². The van der Waals surface area contributed by atoms with Gasteiger partial charge in [0.25, 0.3) is 0 Å². The average Bonchev–Trinajstić information content (AvgIpc) is 2.96. The maximum absolute atomic E-state index is 11.7. The Hall–Kier alpha value is -2.28. The highest BCUT2D eigenvalue weighted by molar-refractivity contribution is 5.75. The highest BCUT2D eigenvalue weighted by atomic mass is 16.5. The molecule has 1 atom stereocenters. The first-order valence-corrected chi connectivity index (χ1v) is 5.94. The summed E-state index contributed by atoms with van der Waals surface area (Å²) in [5.74, 6) is 0.110. The van der Waals surface area contributed by atoms with Crippen LogP contribution in [0.1, 0.15) is 17.8 Å². The predicted octanol–water partition coefficient (Wildman–Crippen LogP) is 0.203. The van der Waals surface area contributed by atoms with Gasteiger partial charge in [0.15, 0.2) is 5.82 Å². The van der Waals surface area contributed by atoms with Gasteiger partial charge >= 0.3 is 5.97 Å². The van der Waals surface area contributed by atoms with E-state index in [4.69, 9.17) is 10.5 Å². The first-order valence-electron chi connectivity index (χ1n) is 5.94. The average molecular weight is 261 g/mol. The van der Waals surface area contributed by atoms with Crippen LogP contribution in [0.25, 0.3) is 0 Å². The van der Waals surface area contributed by atoms with Crippen molar-refractivity contribution in [1.29, 1.82) is 0 Å². The Kier molecular flexibility index (Phi) is 4.57. The van der Waals surface area contributed by atoms with Crippen LogP contribution in [0.5, 0.6) is 0 Å². The number of carbonyl (C=O) groups is 1. The number of aryl methyl sites for hydroxylation is 1. The van der Waals surface area contributed by atoms with E-state index in [2.05, 4.69) is 20.6 Å². The minimum atomic E-state index is -0.679. The molecule has 1 aromatic heterocycles. The SMILES string of the molecule is N[C@@H](CCc1nn[nH]n1)C(=O)OCc1ccccc1. The van der Waals surface area contributed by atoms with Crippen molar-refractivity contribution in [3.8, 4) is 0 Å². The Bertz CT molecular complexity index is 500. The van der Waals surface area contributed by atoms with E-state index in [1.54, 1.807) is 0 Å². The summed E-state index contributed by atoms with van der Waals surface area (Å²) in [5.41, 5.74) is 6.67. The van der Waals surface area contributed by atoms with E-state index in [1.165, 1.54) is 0 Å². The van der Waals surface area contributed by atoms with E-state index in [1.807, 2.05) is 30.3 Å². The Morgan fingerprint density at radius 1 is 1.37 bits per heavy atom. The maximum Gasteiger partial charge on any atom is 0.323 e. The van der Waals surface area contributed by atoms with E-state index in [0.29, 0.717) is 18.7 Å². The fourth-order valence-corrected chi connectivity index (χ4v) is 1.53. The van der Waals surface area contributed by atoms with E-state index in [-0.39, 0.29) is 6.61 Å². The van der Waals surface area contributed by atoms with E-state index < -0.39 is 12.0 Å². The number of nitrogens with two attached hydrogens (primary N) is 1. The summed E-state index contributed by atoms with van der Waals surface area (Å²) >= 11 is 0. The van der Waals surface area contributed by atoms with Crippen molar-refractivity contribution in [1.82, 2.24) is 20.6 Å². The lowest BCUT2D eigenvalue weighted by atomic mass is 10.1. The van der Waals surface area contributed by atoms with Gasteiger partial charge in [-0.05, 0) is 12.0 Å². The Balaban J connectivity index is 1.73. The molecule has 19 heavy (non-hydrogen) atoms. The smallest absolute Gasteiger partial charge is 0.323 e. The number of benzene rings is 1. The molecule has 0 aliphatic heterocycles. The van der Waals surface area contributed by atoms with Crippen molar-refractivity contribution in [2.24, 2.45) is 5.73 Å². The van der Waals surface area contributed by atoms with Gasteiger partial charge in [0.1, 0.15) is 12.6 Å². The van der Waals surface area contributed by atoms with Crippen LogP contribution in [0.2, 0.25) is 0 Å². The van der Waals surface area contributed by atoms with Crippen LogP contribution in [-0.2, 0) is 22.6 Å². The van der Waals surface area contributed by atoms with Crippen molar-refractivity contribution in [2.75, 3.05) is 0 Å². The molecule has 0 saturated heterocycles. The zero-order valence-electron chi connectivity index (χ0n) is 10.3. The highest BCUT2D eigenvalue weighted by Crippen LogP contribution is 2.03. The number of carbonyl (C=O) groups excluding carboxylic acids is 1. The van der Waals surface area contributed by atoms with Gasteiger partial charge in [0, 0.05) is 6.42 Å². The first kappa shape index (κ1) is 13.2. The van der Waals surface area contributed by atoms with Crippen LogP contribution in [0.4, 0.5) is 0 Å². The highest BCUT2D eigenvalue weighted by Gasteiger charge is 2.16. The second-order valence-electron chi connectivity index (χ2n) is 4.07. The molecule has 0 bridgehead atoms. The number of nitrogens with one attached hydrogen (secondary N) is 1. The van der Waals surface area contributed by atoms with Crippen molar-refractivity contribution in [3.05, 3.63) is 41.7 Å². The lowest BCUT2D eigenvalue weighted by Gasteiger charge is -2.10. The molecule has 100 valence electrons. The number of rotatable bonds is 6. The van der Waals surface area contributed by atoms with Gasteiger partial charge in [-0.15, -0.1) is 10.2 Å². The van der Waals surface area contributed by atoms with Gasteiger partial charge in [0.05, 0.1) is 0 Å². The molecule has 7 heteroatoms. The molecule has 7 nitrogen and oxygen atoms in total. The quantitative estimate of drug-likeness (QED) is 0.719. The van der Waals surface area contributed by atoms with E-state index in [0.717, 1.165) is 5.56 Å². The van der Waals surface area contributed by atoms with Crippen LogP contribution in [0.15, 0.2) is 30.3 Å². The molecular weight excluding hydrogens is 246 g/mol. The Morgan fingerprint density at radius 2 is 2.16 bits per heavy atom. The molecule has 2 rings (SSSR count). The molecule has 2 aromatic rings. The molecule has 0 radical (unpaired) electrons. The summed E-state index contributed by atoms with van der Waals surface area (Å²) in [6.45, 7) is 0.232. The number of nitrogens with zero attached hydrogens (tertiary/aromatic N) is 3. The second kappa shape index (κ2) is 6.60. The van der Waals surface area contributed by atoms with Crippen molar-refractivity contribution < 1.29 is 9.53 Å². The summed E-state index contributed by atoms with van der Waals surface area (Å²) in [5, 5.41) is 13.3. The fourth-order valence-electron chi connectivity index (χ4n) is 1.53. The third-order valence-electron chi connectivity index (χ3n) is 2.59. The first-order chi connectivity index (χ1) is 9.25. The summed E-state index contributed by atoms with van der Waals surface area (Å²) in [4.78, 5) is 11.7. The minimum Gasteiger partial charge on any atom is -0.460 e. The lowest BCUT2D eigenvalue weighted by Crippen LogP contribution is -2.32. The number of tetrazole rings is 1. The molecule has 0 amide bonds. The molecule has 0 fully saturated rings. The van der Waals surface area contributed by atoms with E-state index >= 15 is 0 Å². The Morgan fingerprint density at radius 3 is 2.84 bits per heavy atom. The van der Waals surface area contributed by atoms with Crippen LogP contribution in [-0.4, -0.2) is 32.6 Å². The molecule has 1 aromatic carbocycles. The van der Waals surface area contributed by atoms with Crippen molar-refractivity contribution >= 4 is 5.97 Å². The molecular formula is C12H15N5O2. The number of hydrogen-bond acceptors (Lipinski definition) is 6. The van der Waals surface area contributed by atoms with Crippen LogP contribution >= 0.6 is 0 Å². The summed E-state index contributed by atoms with van der Waals surface area (Å²) in [6.07, 6.45) is 0.908. The normalized spacial score (nSPS) is 12.1. The molecule has 0 spiro atoms. The van der Waals surface area contributed by atoms with Gasteiger partial charge in [-0.25, -0.2) is 0 Å². The minimum absolute atomic E-state index is 0.232. The molecule has 0 aliphatic carbocycles. The Labute approximate surface area is 110 Å². The summed E-state index contributed by atoms with van der Waals surface area (Å²) < 4.78 is 5.13. The monoisotopic (exact) mass is 261 g/mol. The number of hydrogen-bond donors (Lipinski definition) is 2. The maximum atomic E-state index is 11.7. The summed E-state index contributed by atoms with van der Waals surface area (Å²) in [7, 11) is 0. The van der Waals surface area contributed by atoms with Gasteiger partial charge in [0.2, 0.25) is 0 Å². The van der Waals surface area contributed by atoms with Gasteiger partial charge < -0.3 is 10.5 Å². The van der Waals surface area contributed by atoms with Crippen molar-refractivity contribution in [3.63, 3.8) is 0 Å². The van der Waals surface area contributed by atoms with Crippen LogP contribution in [0.3, 0.4) is 0 Å². The number of esters is 1. The molecule has 3 N–H and O–H groups in total. The summed E-state index contributed by atoms with van der Waals surface area (Å²) in [6, 6.07) is 8.78. The van der Waals surface area contributed by atoms with Crippen molar-refractivity contribution in [2.45, 2.75) is 25.5 Å². The predicted molar refractivity (Wildman–Crippen MR) is 66.7 cm³/mol. The standard InChI is InChI=1S/C12H15N5O2/c13-10(6-7-11-14-16-17-15-11)12(18)19-8-9-4-2-1-3-5-9/h1-5,10H,6-8,13H2,(H,14,15,16,17)/t10-/m0/s1. The molecule has 0 unspecified atom stereocenters. The molecule has 0 saturated carbocycles. The van der Waals surface area contributed by atoms with Crippen LogP contribution < -0.4 is 5.73 Å². The second-order valence-corrected chi connectivity index (χ2v) is 4.07. The number of aromatic nitrogens is 4. The number of ether oxygens (including phenoxy) is 1. The fraction of sp³-hybridized carbons (Fsp3) is 0.333. The zero-order chi connectivity index (χ0) is 13.5. The topological polar surface area (TPSA) is 107 Å². The molecule has 1 heterocycles. The number of aromatic amines is 1. The van der Waals surface area contributed by atoms with E-state index in [9.17, 15) is 4.79 Å². The van der Waals surface area contributed by atoms with Gasteiger partial charge in [-0.2, -0.15) is 5.21 Å². The molecule has 0 aliphatic rings. The van der Waals surface area contributed by atoms with Gasteiger partial charge in [-0.1, -0.05) is 35.5 Å². The number of H-pyrrole nitrogens is 1. The third kappa shape index (κ3) is 4.14. The largest absolute Gasteiger partial charge is 0.460 e. The zero-order valence-corrected chi connectivity index (χ0v) is 10.3.